The molecule has 100 valence electrons. The predicted molar refractivity (Wildman–Crippen MR) is 75.0 cm³/mol. The molecule has 0 spiro atoms. The Kier molecular flexibility index (Phi) is 3.21. The summed E-state index contributed by atoms with van der Waals surface area (Å²) in [5.74, 6) is 2.16. The Labute approximate surface area is 117 Å². The van der Waals surface area contributed by atoms with Crippen molar-refractivity contribution in [1.82, 2.24) is 9.97 Å². The topological polar surface area (TPSA) is 70.8 Å². The van der Waals surface area contributed by atoms with Crippen molar-refractivity contribution in [2.24, 2.45) is 0 Å². The molecule has 20 heavy (non-hydrogen) atoms. The zero-order valence-corrected chi connectivity index (χ0v) is 11.2. The van der Waals surface area contributed by atoms with Crippen LogP contribution in [0.1, 0.15) is 23.5 Å². The maximum Gasteiger partial charge on any atom is 0.146 e. The molecule has 2 heterocycles. The second-order valence-corrected chi connectivity index (χ2v) is 4.70. The minimum Gasteiger partial charge on any atom is -0.493 e. The average molecular weight is 266 g/mol. The van der Waals surface area contributed by atoms with Crippen LogP contribution < -0.4 is 10.1 Å². The number of nitrogens with one attached hydrogen (secondary N) is 1. The number of ether oxygens (including phenoxy) is 1. The molecule has 0 saturated carbocycles. The standard InChI is InChI=1S/C15H14N4O/c1-10-17-13(9-16)8-15(18-10)19-12-4-5-14-11(7-12)3-2-6-20-14/h4-5,7-8H,2-3,6H2,1H3,(H,17,18,19). The number of aryl methyl sites for hydroxylation is 2. The van der Waals surface area contributed by atoms with E-state index in [1.165, 1.54) is 5.56 Å². The first-order chi connectivity index (χ1) is 9.74. The summed E-state index contributed by atoms with van der Waals surface area (Å²) in [6.07, 6.45) is 2.07. The zero-order chi connectivity index (χ0) is 13.9. The lowest BCUT2D eigenvalue weighted by molar-refractivity contribution is 0.288. The van der Waals surface area contributed by atoms with Crippen molar-refractivity contribution in [3.05, 3.63) is 41.3 Å². The molecule has 0 aliphatic carbocycles. The number of nitriles is 1. The van der Waals surface area contributed by atoms with E-state index in [-0.39, 0.29) is 0 Å². The van der Waals surface area contributed by atoms with Crippen LogP contribution in [0, 0.1) is 18.3 Å². The van der Waals surface area contributed by atoms with Gasteiger partial charge >= 0.3 is 0 Å². The van der Waals surface area contributed by atoms with E-state index in [0.717, 1.165) is 30.9 Å². The molecule has 0 bridgehead atoms. The van der Waals surface area contributed by atoms with Crippen molar-refractivity contribution in [2.45, 2.75) is 19.8 Å². The van der Waals surface area contributed by atoms with Crippen LogP contribution in [0.2, 0.25) is 0 Å². The molecule has 0 fully saturated rings. The van der Waals surface area contributed by atoms with E-state index in [1.807, 2.05) is 18.2 Å². The Morgan fingerprint density at radius 2 is 2.20 bits per heavy atom. The SMILES string of the molecule is Cc1nc(C#N)cc(Nc2ccc3c(c2)CCCO3)n1. The molecule has 0 saturated heterocycles. The van der Waals surface area contributed by atoms with Gasteiger partial charge in [-0.25, -0.2) is 9.97 Å². The van der Waals surface area contributed by atoms with Crippen molar-refractivity contribution in [3.8, 4) is 11.8 Å². The normalized spacial score (nSPS) is 13.0. The quantitative estimate of drug-likeness (QED) is 0.905. The molecule has 5 heteroatoms. The second kappa shape index (κ2) is 5.17. The molecular formula is C15H14N4O. The third-order valence-corrected chi connectivity index (χ3v) is 3.13. The van der Waals surface area contributed by atoms with Crippen molar-refractivity contribution in [2.75, 3.05) is 11.9 Å². The lowest BCUT2D eigenvalue weighted by Gasteiger charge is -2.18. The van der Waals surface area contributed by atoms with Gasteiger partial charge in [0.25, 0.3) is 0 Å². The summed E-state index contributed by atoms with van der Waals surface area (Å²) in [6.45, 7) is 2.56. The molecular weight excluding hydrogens is 252 g/mol. The minimum atomic E-state index is 0.362. The fraction of sp³-hybridized carbons (Fsp3) is 0.267. The predicted octanol–water partition coefficient (Wildman–Crippen LogP) is 2.73. The molecule has 0 unspecified atom stereocenters. The summed E-state index contributed by atoms with van der Waals surface area (Å²) in [5, 5.41) is 12.1. The van der Waals surface area contributed by atoms with E-state index in [4.69, 9.17) is 10.00 Å². The van der Waals surface area contributed by atoms with E-state index in [1.54, 1.807) is 13.0 Å². The molecule has 0 radical (unpaired) electrons. The second-order valence-electron chi connectivity index (χ2n) is 4.70. The highest BCUT2D eigenvalue weighted by atomic mass is 16.5. The van der Waals surface area contributed by atoms with Gasteiger partial charge in [0.05, 0.1) is 6.61 Å². The zero-order valence-electron chi connectivity index (χ0n) is 11.2. The highest BCUT2D eigenvalue weighted by molar-refractivity contribution is 5.60. The van der Waals surface area contributed by atoms with E-state index in [0.29, 0.717) is 17.3 Å². The van der Waals surface area contributed by atoms with Crippen molar-refractivity contribution in [3.63, 3.8) is 0 Å². The number of hydrogen-bond acceptors (Lipinski definition) is 5. The number of nitrogens with zero attached hydrogens (tertiary/aromatic N) is 3. The van der Waals surface area contributed by atoms with E-state index >= 15 is 0 Å². The van der Waals surface area contributed by atoms with Crippen LogP contribution in [0.3, 0.4) is 0 Å². The highest BCUT2D eigenvalue weighted by Gasteiger charge is 2.11. The summed E-state index contributed by atoms with van der Waals surface area (Å²) in [4.78, 5) is 8.32. The van der Waals surface area contributed by atoms with Crippen molar-refractivity contribution in [1.29, 1.82) is 5.26 Å². The van der Waals surface area contributed by atoms with Gasteiger partial charge in [-0.2, -0.15) is 5.26 Å². The first-order valence-corrected chi connectivity index (χ1v) is 6.53. The van der Waals surface area contributed by atoms with Crippen LogP contribution >= 0.6 is 0 Å². The molecule has 1 aromatic heterocycles. The average Bonchev–Trinajstić information content (AvgIpc) is 2.46. The fourth-order valence-corrected chi connectivity index (χ4v) is 2.28. The lowest BCUT2D eigenvalue weighted by atomic mass is 10.1. The van der Waals surface area contributed by atoms with Crippen LogP contribution in [0.25, 0.3) is 0 Å². The van der Waals surface area contributed by atoms with Gasteiger partial charge in [-0.3, -0.25) is 0 Å². The van der Waals surface area contributed by atoms with Crippen LogP contribution in [0.15, 0.2) is 24.3 Å². The Bertz CT molecular complexity index is 691. The van der Waals surface area contributed by atoms with Gasteiger partial charge in [-0.1, -0.05) is 0 Å². The van der Waals surface area contributed by atoms with E-state index in [2.05, 4.69) is 21.4 Å². The minimum absolute atomic E-state index is 0.362. The van der Waals surface area contributed by atoms with Gasteiger partial charge in [0.2, 0.25) is 0 Å². The molecule has 5 nitrogen and oxygen atoms in total. The van der Waals surface area contributed by atoms with Crippen LogP contribution in [-0.4, -0.2) is 16.6 Å². The monoisotopic (exact) mass is 266 g/mol. The lowest BCUT2D eigenvalue weighted by Crippen LogP contribution is -2.08. The maximum absolute atomic E-state index is 8.93. The molecule has 1 aromatic carbocycles. The van der Waals surface area contributed by atoms with Crippen molar-refractivity contribution >= 4 is 11.5 Å². The molecule has 0 atom stereocenters. The Morgan fingerprint density at radius 3 is 3.05 bits per heavy atom. The number of hydrogen-bond donors (Lipinski definition) is 1. The fourth-order valence-electron chi connectivity index (χ4n) is 2.28. The van der Waals surface area contributed by atoms with E-state index in [9.17, 15) is 0 Å². The van der Waals surface area contributed by atoms with Crippen LogP contribution in [0.4, 0.5) is 11.5 Å². The molecule has 1 aliphatic heterocycles. The summed E-state index contributed by atoms with van der Waals surface area (Å²) in [5.41, 5.74) is 2.50. The molecule has 0 amide bonds. The number of rotatable bonds is 2. The Balaban J connectivity index is 1.88. The number of aromatic nitrogens is 2. The molecule has 2 aromatic rings. The van der Waals surface area contributed by atoms with Crippen LogP contribution in [-0.2, 0) is 6.42 Å². The first-order valence-electron chi connectivity index (χ1n) is 6.53. The van der Waals surface area contributed by atoms with Crippen molar-refractivity contribution < 1.29 is 4.74 Å². The number of benzene rings is 1. The van der Waals surface area contributed by atoms with E-state index < -0.39 is 0 Å². The van der Waals surface area contributed by atoms with Crippen LogP contribution in [0.5, 0.6) is 5.75 Å². The molecule has 1 aliphatic rings. The van der Waals surface area contributed by atoms with Gasteiger partial charge in [0.15, 0.2) is 0 Å². The summed E-state index contributed by atoms with van der Waals surface area (Å²) in [6, 6.07) is 9.66. The van der Waals surface area contributed by atoms with Gasteiger partial charge in [0, 0.05) is 11.8 Å². The molecule has 1 N–H and O–H groups in total. The maximum atomic E-state index is 8.93. The smallest absolute Gasteiger partial charge is 0.146 e. The third-order valence-electron chi connectivity index (χ3n) is 3.13. The van der Waals surface area contributed by atoms with Gasteiger partial charge in [-0.05, 0) is 43.5 Å². The Hall–Kier alpha value is -2.61. The third kappa shape index (κ3) is 2.54. The first kappa shape index (κ1) is 12.4. The highest BCUT2D eigenvalue weighted by Crippen LogP contribution is 2.28. The largest absolute Gasteiger partial charge is 0.493 e. The molecule has 3 rings (SSSR count). The Morgan fingerprint density at radius 1 is 1.30 bits per heavy atom. The van der Waals surface area contributed by atoms with Gasteiger partial charge < -0.3 is 10.1 Å². The summed E-state index contributed by atoms with van der Waals surface area (Å²) in [7, 11) is 0. The summed E-state index contributed by atoms with van der Waals surface area (Å²) < 4.78 is 5.59. The van der Waals surface area contributed by atoms with Gasteiger partial charge in [-0.15, -0.1) is 0 Å². The summed E-state index contributed by atoms with van der Waals surface area (Å²) >= 11 is 0. The van der Waals surface area contributed by atoms with Gasteiger partial charge in [0.1, 0.15) is 29.2 Å². The number of anilines is 2. The number of fused-ring (bicyclic) bond motifs is 1.